The maximum Gasteiger partial charge on any atom is 0.238 e. The van der Waals surface area contributed by atoms with Crippen LogP contribution >= 0.6 is 11.8 Å². The molecule has 3 aromatic carbocycles. The average Bonchev–Trinajstić information content (AvgIpc) is 3.22. The standard InChI is InChI=1S/C27H29N3O2S/c1-4-24(19-9-6-5-7-10-19)26(32)28-21-12-8-11-20(17-21)27-30(25(31)18-33-27)23-15-13-22(14-16-23)29(2)3/h5-17,24,27H,4,18H2,1-3H3,(H,28,32)/t24-,27-/m1/s1. The first-order valence-corrected chi connectivity index (χ1v) is 12.2. The van der Waals surface area contributed by atoms with E-state index in [1.165, 1.54) is 0 Å². The molecule has 3 aromatic rings. The summed E-state index contributed by atoms with van der Waals surface area (Å²) < 4.78 is 0. The maximum absolute atomic E-state index is 13.0. The number of nitrogens with zero attached hydrogens (tertiary/aromatic N) is 2. The summed E-state index contributed by atoms with van der Waals surface area (Å²) in [6, 6.07) is 25.7. The molecule has 0 spiro atoms. The molecule has 0 aromatic heterocycles. The second kappa shape index (κ2) is 10.1. The van der Waals surface area contributed by atoms with Gasteiger partial charge in [-0.25, -0.2) is 0 Å². The minimum absolute atomic E-state index is 0.0212. The number of amides is 2. The fourth-order valence-corrected chi connectivity index (χ4v) is 5.29. The predicted octanol–water partition coefficient (Wildman–Crippen LogP) is 5.66. The smallest absolute Gasteiger partial charge is 0.238 e. The summed E-state index contributed by atoms with van der Waals surface area (Å²) in [4.78, 5) is 29.7. The first-order valence-electron chi connectivity index (χ1n) is 11.1. The molecular weight excluding hydrogens is 430 g/mol. The number of anilines is 3. The van der Waals surface area contributed by atoms with Crippen molar-refractivity contribution in [1.82, 2.24) is 0 Å². The lowest BCUT2D eigenvalue weighted by molar-refractivity contribution is -0.118. The Balaban J connectivity index is 1.55. The van der Waals surface area contributed by atoms with E-state index in [2.05, 4.69) is 5.32 Å². The molecule has 1 aliphatic rings. The number of hydrogen-bond acceptors (Lipinski definition) is 4. The molecule has 2 atom stereocenters. The predicted molar refractivity (Wildman–Crippen MR) is 138 cm³/mol. The van der Waals surface area contributed by atoms with E-state index in [0.717, 1.165) is 34.6 Å². The summed E-state index contributed by atoms with van der Waals surface area (Å²) in [5.74, 6) is 0.297. The van der Waals surface area contributed by atoms with E-state index in [4.69, 9.17) is 0 Å². The second-order valence-electron chi connectivity index (χ2n) is 8.32. The number of carbonyl (C=O) groups excluding carboxylic acids is 2. The number of rotatable bonds is 7. The van der Waals surface area contributed by atoms with Crippen LogP contribution in [0.3, 0.4) is 0 Å². The van der Waals surface area contributed by atoms with Crippen molar-refractivity contribution in [3.05, 3.63) is 90.0 Å². The normalized spacial score (nSPS) is 16.5. The summed E-state index contributed by atoms with van der Waals surface area (Å²) in [7, 11) is 3.99. The van der Waals surface area contributed by atoms with Gasteiger partial charge in [-0.05, 0) is 53.9 Å². The number of carbonyl (C=O) groups is 2. The molecule has 5 nitrogen and oxygen atoms in total. The van der Waals surface area contributed by atoms with Crippen LogP contribution in [0.25, 0.3) is 0 Å². The van der Waals surface area contributed by atoms with Crippen molar-refractivity contribution in [2.24, 2.45) is 0 Å². The monoisotopic (exact) mass is 459 g/mol. The molecule has 1 saturated heterocycles. The quantitative estimate of drug-likeness (QED) is 0.495. The van der Waals surface area contributed by atoms with Gasteiger partial charge in [0.1, 0.15) is 5.37 Å². The minimum Gasteiger partial charge on any atom is -0.378 e. The van der Waals surface area contributed by atoms with Gasteiger partial charge in [0.2, 0.25) is 11.8 Å². The Morgan fingerprint density at radius 2 is 1.79 bits per heavy atom. The number of hydrogen-bond donors (Lipinski definition) is 1. The van der Waals surface area contributed by atoms with E-state index >= 15 is 0 Å². The molecule has 1 heterocycles. The summed E-state index contributed by atoms with van der Waals surface area (Å²) in [6.07, 6.45) is 0.721. The van der Waals surface area contributed by atoms with Crippen LogP contribution in [-0.2, 0) is 9.59 Å². The van der Waals surface area contributed by atoms with Gasteiger partial charge < -0.3 is 10.2 Å². The van der Waals surface area contributed by atoms with Crippen LogP contribution in [0.2, 0.25) is 0 Å². The zero-order valence-electron chi connectivity index (χ0n) is 19.2. The van der Waals surface area contributed by atoms with Crippen LogP contribution < -0.4 is 15.1 Å². The van der Waals surface area contributed by atoms with Crippen LogP contribution in [0.1, 0.15) is 35.8 Å². The molecule has 1 N–H and O–H groups in total. The fraction of sp³-hybridized carbons (Fsp3) is 0.259. The van der Waals surface area contributed by atoms with Crippen LogP contribution in [0.15, 0.2) is 78.9 Å². The minimum atomic E-state index is -0.205. The van der Waals surface area contributed by atoms with E-state index in [-0.39, 0.29) is 23.1 Å². The molecule has 4 rings (SSSR count). The van der Waals surface area contributed by atoms with Gasteiger partial charge in [-0.1, -0.05) is 49.4 Å². The topological polar surface area (TPSA) is 52.7 Å². The van der Waals surface area contributed by atoms with E-state index in [0.29, 0.717) is 5.75 Å². The Bertz CT molecular complexity index is 1120. The van der Waals surface area contributed by atoms with Crippen molar-refractivity contribution in [1.29, 1.82) is 0 Å². The SMILES string of the molecule is CC[C@@H](C(=O)Nc1cccc([C@H]2SCC(=O)N2c2ccc(N(C)C)cc2)c1)c1ccccc1. The third-order valence-corrected chi connectivity index (χ3v) is 7.09. The molecule has 170 valence electrons. The van der Waals surface area contributed by atoms with Gasteiger partial charge in [-0.2, -0.15) is 0 Å². The Morgan fingerprint density at radius 3 is 2.45 bits per heavy atom. The van der Waals surface area contributed by atoms with E-state index < -0.39 is 0 Å². The van der Waals surface area contributed by atoms with Crippen LogP contribution in [0, 0.1) is 0 Å². The van der Waals surface area contributed by atoms with E-state index in [9.17, 15) is 9.59 Å². The Hall–Kier alpha value is -3.25. The highest BCUT2D eigenvalue weighted by Crippen LogP contribution is 2.42. The van der Waals surface area contributed by atoms with E-state index in [1.54, 1.807) is 11.8 Å². The summed E-state index contributed by atoms with van der Waals surface area (Å²) in [5.41, 5.74) is 4.72. The zero-order chi connectivity index (χ0) is 23.4. The van der Waals surface area contributed by atoms with Crippen molar-refractivity contribution in [3.8, 4) is 0 Å². The van der Waals surface area contributed by atoms with Crippen LogP contribution in [0.5, 0.6) is 0 Å². The molecule has 0 radical (unpaired) electrons. The van der Waals surface area contributed by atoms with Gasteiger partial charge >= 0.3 is 0 Å². The van der Waals surface area contributed by atoms with Gasteiger partial charge in [0, 0.05) is 31.2 Å². The van der Waals surface area contributed by atoms with Gasteiger partial charge in [0.25, 0.3) is 0 Å². The Kier molecular flexibility index (Phi) is 7.04. The highest BCUT2D eigenvalue weighted by Gasteiger charge is 2.34. The lowest BCUT2D eigenvalue weighted by Crippen LogP contribution is -2.28. The highest BCUT2D eigenvalue weighted by atomic mass is 32.2. The zero-order valence-corrected chi connectivity index (χ0v) is 20.0. The van der Waals surface area contributed by atoms with E-state index in [1.807, 2.05) is 110 Å². The Morgan fingerprint density at radius 1 is 1.06 bits per heavy atom. The van der Waals surface area contributed by atoms with Crippen molar-refractivity contribution < 1.29 is 9.59 Å². The van der Waals surface area contributed by atoms with Crippen molar-refractivity contribution in [3.63, 3.8) is 0 Å². The first kappa shape index (κ1) is 22.9. The van der Waals surface area contributed by atoms with Gasteiger partial charge in [0.05, 0.1) is 11.7 Å². The van der Waals surface area contributed by atoms with Crippen molar-refractivity contribution in [2.45, 2.75) is 24.6 Å². The molecule has 0 saturated carbocycles. The lowest BCUT2D eigenvalue weighted by Gasteiger charge is -2.25. The van der Waals surface area contributed by atoms with Gasteiger partial charge in [-0.15, -0.1) is 11.8 Å². The van der Waals surface area contributed by atoms with Crippen LogP contribution in [-0.4, -0.2) is 31.7 Å². The molecule has 33 heavy (non-hydrogen) atoms. The molecule has 1 aliphatic heterocycles. The molecule has 1 fully saturated rings. The summed E-state index contributed by atoms with van der Waals surface area (Å²) >= 11 is 1.61. The molecule has 2 amide bonds. The molecule has 0 unspecified atom stereocenters. The average molecular weight is 460 g/mol. The molecule has 6 heteroatoms. The number of thioether (sulfide) groups is 1. The first-order chi connectivity index (χ1) is 16.0. The maximum atomic E-state index is 13.0. The van der Waals surface area contributed by atoms with Crippen molar-refractivity contribution in [2.75, 3.05) is 35.0 Å². The van der Waals surface area contributed by atoms with Crippen molar-refractivity contribution >= 4 is 40.6 Å². The summed E-state index contributed by atoms with van der Waals surface area (Å²) in [6.45, 7) is 2.02. The Labute approximate surface area is 199 Å². The molecule has 0 bridgehead atoms. The van der Waals surface area contributed by atoms with Gasteiger partial charge in [0.15, 0.2) is 0 Å². The lowest BCUT2D eigenvalue weighted by atomic mass is 9.95. The van der Waals surface area contributed by atoms with Crippen LogP contribution in [0.4, 0.5) is 17.1 Å². The number of benzene rings is 3. The second-order valence-corrected chi connectivity index (χ2v) is 9.39. The fourth-order valence-electron chi connectivity index (χ4n) is 4.12. The summed E-state index contributed by atoms with van der Waals surface area (Å²) in [5, 5.41) is 2.95. The highest BCUT2D eigenvalue weighted by molar-refractivity contribution is 8.00. The third-order valence-electron chi connectivity index (χ3n) is 5.88. The number of nitrogens with one attached hydrogen (secondary N) is 1. The van der Waals surface area contributed by atoms with Gasteiger partial charge in [-0.3, -0.25) is 14.5 Å². The molecular formula is C27H29N3O2S. The third kappa shape index (κ3) is 5.06. The largest absolute Gasteiger partial charge is 0.378 e. The molecule has 0 aliphatic carbocycles.